The molecule has 4 atom stereocenters. The van der Waals surface area contributed by atoms with Crippen LogP contribution < -0.4 is 37.9 Å². The van der Waals surface area contributed by atoms with Crippen LogP contribution in [0.1, 0.15) is 250 Å². The standard InChI is InChI=1S/C72H108O12/c1-9-13-17-21-25-29-53-57-45-63-56(32-28-24-20-16-12-4)60-48-62-54(30-26-22-18-14-10-2)58-46-64(72(50-66(58)74-6)84-44-40-80-36-34-78-38-42-82-70(62)52-68(60)76-8)55(31-27-23-19-15-11-3)59-47-61(53)69(51-67(59)75-7)81-41-37-77-33-35-79-39-43-83-71(63)49-65(57)73-5/h45-56H,9-44H2,1-8H3. The lowest BCUT2D eigenvalue weighted by molar-refractivity contribution is 0.0271. The lowest BCUT2D eigenvalue weighted by Gasteiger charge is -2.32. The zero-order valence-corrected chi connectivity index (χ0v) is 53.3. The van der Waals surface area contributed by atoms with Gasteiger partial charge in [-0.05, 0) is 49.9 Å². The Morgan fingerprint density at radius 3 is 0.667 bits per heavy atom. The molecule has 84 heavy (non-hydrogen) atoms. The molecule has 0 radical (unpaired) electrons. The maximum Gasteiger partial charge on any atom is 0.126 e. The molecular formula is C72H108O12. The van der Waals surface area contributed by atoms with Gasteiger partial charge in [0.1, 0.15) is 72.4 Å². The van der Waals surface area contributed by atoms with Crippen LogP contribution in [0.2, 0.25) is 0 Å². The molecule has 468 valence electrons. The molecule has 0 spiro atoms. The van der Waals surface area contributed by atoms with Crippen molar-refractivity contribution < 1.29 is 56.8 Å². The van der Waals surface area contributed by atoms with Gasteiger partial charge in [-0.3, -0.25) is 0 Å². The highest BCUT2D eigenvalue weighted by molar-refractivity contribution is 5.63. The van der Waals surface area contributed by atoms with Gasteiger partial charge >= 0.3 is 0 Å². The van der Waals surface area contributed by atoms with E-state index in [9.17, 15) is 0 Å². The highest BCUT2D eigenvalue weighted by Gasteiger charge is 2.35. The molecule has 12 nitrogen and oxygen atoms in total. The summed E-state index contributed by atoms with van der Waals surface area (Å²) in [6.07, 6.45) is 26.3. The lowest BCUT2D eigenvalue weighted by atomic mass is 9.76. The summed E-state index contributed by atoms with van der Waals surface area (Å²) in [6, 6.07) is 18.5. The SMILES string of the molecule is CCCCCCCC1c2cc3c(cc2OC)OCCOCCOCCOc2cc(OC)c(cc21)C(CCCCCCC)c1cc2c(OC)cc1OCCOCCOCCOc1cc(OC)c(cc1C2CCCCCCC)C3CCCCCCC. The van der Waals surface area contributed by atoms with Crippen LogP contribution >= 0.6 is 0 Å². The first-order valence-corrected chi connectivity index (χ1v) is 33.1. The fourth-order valence-electron chi connectivity index (χ4n) is 13.0. The minimum absolute atomic E-state index is 0.140. The minimum Gasteiger partial charge on any atom is -0.496 e. The van der Waals surface area contributed by atoms with E-state index in [1.54, 1.807) is 14.2 Å². The number of hydrogen-bond acceptors (Lipinski definition) is 12. The van der Waals surface area contributed by atoms with Crippen molar-refractivity contribution in [1.29, 1.82) is 0 Å². The molecule has 12 heteroatoms. The molecule has 4 aromatic carbocycles. The Morgan fingerprint density at radius 1 is 0.262 bits per heavy atom. The average molecular weight is 1170 g/mol. The Labute approximate surface area is 506 Å². The summed E-state index contributed by atoms with van der Waals surface area (Å²) in [5, 5.41) is 0. The predicted molar refractivity (Wildman–Crippen MR) is 338 cm³/mol. The van der Waals surface area contributed by atoms with Crippen molar-refractivity contribution in [2.24, 2.45) is 0 Å². The monoisotopic (exact) mass is 1160 g/mol. The number of methoxy groups -OCH3 is 4. The molecule has 3 heterocycles. The van der Waals surface area contributed by atoms with Crippen molar-refractivity contribution in [3.8, 4) is 46.0 Å². The van der Waals surface area contributed by atoms with E-state index in [1.807, 2.05) is 14.2 Å². The van der Waals surface area contributed by atoms with Crippen LogP contribution in [0.3, 0.4) is 0 Å². The van der Waals surface area contributed by atoms with Crippen molar-refractivity contribution in [3.05, 3.63) is 93.0 Å². The van der Waals surface area contributed by atoms with Crippen molar-refractivity contribution >= 4 is 0 Å². The zero-order valence-electron chi connectivity index (χ0n) is 53.3. The largest absolute Gasteiger partial charge is 0.496 e. The van der Waals surface area contributed by atoms with Gasteiger partial charge < -0.3 is 56.8 Å². The number of benzene rings is 4. The lowest BCUT2D eigenvalue weighted by Crippen LogP contribution is -2.17. The maximum atomic E-state index is 7.05. The first-order chi connectivity index (χ1) is 41.4. The highest BCUT2D eigenvalue weighted by Crippen LogP contribution is 2.54. The fourth-order valence-corrected chi connectivity index (χ4v) is 13.0. The van der Waals surface area contributed by atoms with Crippen LogP contribution in [0.15, 0.2) is 48.5 Å². The summed E-state index contributed by atoms with van der Waals surface area (Å²) >= 11 is 0. The van der Waals surface area contributed by atoms with Gasteiger partial charge in [0.05, 0.1) is 81.3 Å². The Hall–Kier alpha value is -4.88. The first-order valence-electron chi connectivity index (χ1n) is 33.1. The molecule has 8 rings (SSSR count). The van der Waals surface area contributed by atoms with E-state index < -0.39 is 0 Å². The zero-order chi connectivity index (χ0) is 59.1. The summed E-state index contributed by atoms with van der Waals surface area (Å²) in [4.78, 5) is 0. The molecule has 0 amide bonds. The van der Waals surface area contributed by atoms with E-state index in [2.05, 4.69) is 76.2 Å². The third-order valence-electron chi connectivity index (χ3n) is 17.5. The number of fused-ring (bicyclic) bond motifs is 12. The van der Waals surface area contributed by atoms with Gasteiger partial charge in [0.15, 0.2) is 0 Å². The summed E-state index contributed by atoms with van der Waals surface area (Å²) < 4.78 is 79.5. The summed E-state index contributed by atoms with van der Waals surface area (Å²) in [5.41, 5.74) is 8.85. The first kappa shape index (κ1) is 66.6. The maximum absolute atomic E-state index is 7.05. The van der Waals surface area contributed by atoms with Crippen molar-refractivity contribution in [1.82, 2.24) is 0 Å². The van der Waals surface area contributed by atoms with Gasteiger partial charge in [0.25, 0.3) is 0 Å². The second-order valence-corrected chi connectivity index (χ2v) is 23.4. The van der Waals surface area contributed by atoms with E-state index in [0.717, 1.165) is 168 Å². The highest BCUT2D eigenvalue weighted by atomic mass is 16.6. The fraction of sp³-hybridized carbons (Fsp3) is 0.667. The molecule has 0 N–H and O–H groups in total. The number of hydrogen-bond donors (Lipinski definition) is 0. The smallest absolute Gasteiger partial charge is 0.126 e. The molecule has 4 aromatic rings. The summed E-state index contributed by atoms with van der Waals surface area (Å²) in [7, 11) is 7.23. The molecule has 4 unspecified atom stereocenters. The van der Waals surface area contributed by atoms with Crippen LogP contribution in [0.25, 0.3) is 0 Å². The summed E-state index contributed by atoms with van der Waals surface area (Å²) in [6.45, 7) is 14.0. The molecule has 0 aromatic heterocycles. The van der Waals surface area contributed by atoms with Crippen molar-refractivity contribution in [2.45, 2.75) is 205 Å². The Morgan fingerprint density at radius 2 is 0.464 bits per heavy atom. The van der Waals surface area contributed by atoms with E-state index in [0.29, 0.717) is 79.3 Å². The van der Waals surface area contributed by atoms with Gasteiger partial charge in [-0.1, -0.05) is 156 Å². The van der Waals surface area contributed by atoms with Gasteiger partial charge in [-0.2, -0.15) is 0 Å². The number of ether oxygens (including phenoxy) is 12. The second kappa shape index (κ2) is 37.6. The van der Waals surface area contributed by atoms with Crippen LogP contribution in [-0.2, 0) is 18.9 Å². The second-order valence-electron chi connectivity index (χ2n) is 23.4. The topological polar surface area (TPSA) is 111 Å². The molecule has 0 fully saturated rings. The van der Waals surface area contributed by atoms with Crippen molar-refractivity contribution in [2.75, 3.05) is 108 Å². The molecule has 1 aliphatic carbocycles. The van der Waals surface area contributed by atoms with Crippen LogP contribution in [0, 0.1) is 0 Å². The molecule has 0 saturated carbocycles. The van der Waals surface area contributed by atoms with Crippen LogP contribution in [0.4, 0.5) is 0 Å². The third-order valence-corrected chi connectivity index (χ3v) is 17.5. The van der Waals surface area contributed by atoms with E-state index in [1.165, 1.54) is 77.0 Å². The van der Waals surface area contributed by atoms with Gasteiger partial charge in [-0.15, -0.1) is 0 Å². The molecule has 10 bridgehead atoms. The quantitative estimate of drug-likeness (QED) is 0.0399. The van der Waals surface area contributed by atoms with Crippen LogP contribution in [-0.4, -0.2) is 108 Å². The predicted octanol–water partition coefficient (Wildman–Crippen LogP) is 17.6. The Bertz CT molecular complexity index is 2320. The van der Waals surface area contributed by atoms with E-state index in [-0.39, 0.29) is 23.7 Å². The minimum atomic E-state index is -0.147. The number of unbranched alkanes of at least 4 members (excludes halogenated alkanes) is 16. The van der Waals surface area contributed by atoms with Crippen molar-refractivity contribution in [3.63, 3.8) is 0 Å². The molecule has 3 aliphatic heterocycles. The van der Waals surface area contributed by atoms with Crippen LogP contribution in [0.5, 0.6) is 46.0 Å². The Balaban J connectivity index is 1.67. The van der Waals surface area contributed by atoms with E-state index >= 15 is 0 Å². The molecule has 0 saturated heterocycles. The number of rotatable bonds is 28. The van der Waals surface area contributed by atoms with Gasteiger partial charge in [0, 0.05) is 92.4 Å². The van der Waals surface area contributed by atoms with Gasteiger partial charge in [0.2, 0.25) is 0 Å². The Kier molecular flexibility index (Phi) is 29.9. The third kappa shape index (κ3) is 19.1. The normalized spacial score (nSPS) is 18.8. The summed E-state index contributed by atoms with van der Waals surface area (Å²) in [5.74, 6) is 5.70. The molecular weight excluding hydrogens is 1060 g/mol. The average Bonchev–Trinajstić information content (AvgIpc) is 2.60. The molecule has 4 aliphatic rings. The van der Waals surface area contributed by atoms with E-state index in [4.69, 9.17) is 56.8 Å². The van der Waals surface area contributed by atoms with Gasteiger partial charge in [-0.25, -0.2) is 0 Å².